The number of carboxylic acid groups (broad SMARTS) is 1. The molecule has 110 valence electrons. The molecule has 0 saturated heterocycles. The van der Waals surface area contributed by atoms with Crippen LogP contribution in [-0.2, 0) is 0 Å². The molecule has 0 radical (unpaired) electrons. The van der Waals surface area contributed by atoms with Crippen molar-refractivity contribution in [1.29, 1.82) is 0 Å². The van der Waals surface area contributed by atoms with Crippen LogP contribution in [0.15, 0.2) is 34.8 Å². The van der Waals surface area contributed by atoms with Crippen molar-refractivity contribution in [3.8, 4) is 0 Å². The van der Waals surface area contributed by atoms with Gasteiger partial charge in [-0.05, 0) is 52.2 Å². The maximum absolute atomic E-state index is 11.2. The van der Waals surface area contributed by atoms with Gasteiger partial charge in [0.1, 0.15) is 5.82 Å². The van der Waals surface area contributed by atoms with Crippen LogP contribution >= 0.6 is 27.5 Å². The van der Waals surface area contributed by atoms with E-state index in [9.17, 15) is 9.90 Å². The molecule has 0 saturated carbocycles. The van der Waals surface area contributed by atoms with Gasteiger partial charge >= 0.3 is 5.97 Å². The maximum Gasteiger partial charge on any atom is 0.335 e. The van der Waals surface area contributed by atoms with Crippen molar-refractivity contribution in [3.05, 3.63) is 51.1 Å². The number of aromatic nitrogens is 1. The fourth-order valence-electron chi connectivity index (χ4n) is 1.76. The van der Waals surface area contributed by atoms with Gasteiger partial charge in [0, 0.05) is 15.2 Å². The number of carboxylic acids is 1. The van der Waals surface area contributed by atoms with E-state index in [1.165, 1.54) is 6.07 Å². The lowest BCUT2D eigenvalue weighted by atomic mass is 10.1. The van der Waals surface area contributed by atoms with Crippen LogP contribution in [0.3, 0.4) is 0 Å². The second kappa shape index (κ2) is 6.45. The van der Waals surface area contributed by atoms with E-state index in [0.717, 1.165) is 15.9 Å². The number of nitrogens with zero attached hydrogens (tertiary/aromatic N) is 1. The van der Waals surface area contributed by atoms with Crippen molar-refractivity contribution in [3.63, 3.8) is 0 Å². The van der Waals surface area contributed by atoms with Crippen LogP contribution in [0.2, 0.25) is 5.02 Å². The van der Waals surface area contributed by atoms with Crippen molar-refractivity contribution in [2.45, 2.75) is 19.8 Å². The number of rotatable bonds is 4. The quantitative estimate of drug-likeness (QED) is 0.790. The summed E-state index contributed by atoms with van der Waals surface area (Å²) in [5.74, 6) is -0.349. The van der Waals surface area contributed by atoms with Gasteiger partial charge in [-0.25, -0.2) is 9.78 Å². The number of hydrogen-bond donors (Lipinski definition) is 2. The molecular formula is C15H14BrClN2O2. The Morgan fingerprint density at radius 3 is 2.62 bits per heavy atom. The van der Waals surface area contributed by atoms with Gasteiger partial charge in [-0.3, -0.25) is 0 Å². The van der Waals surface area contributed by atoms with E-state index in [-0.39, 0.29) is 11.5 Å². The topological polar surface area (TPSA) is 62.2 Å². The van der Waals surface area contributed by atoms with Gasteiger partial charge in [0.2, 0.25) is 0 Å². The van der Waals surface area contributed by atoms with E-state index >= 15 is 0 Å². The molecule has 0 aliphatic rings. The largest absolute Gasteiger partial charge is 0.478 e. The summed E-state index contributed by atoms with van der Waals surface area (Å²) in [6.07, 6.45) is 0. The minimum absolute atomic E-state index is 0.138. The second-order valence-electron chi connectivity index (χ2n) is 4.87. The normalized spacial score (nSPS) is 10.7. The van der Waals surface area contributed by atoms with E-state index in [2.05, 4.69) is 26.2 Å². The molecule has 2 rings (SSSR count). The molecule has 0 aliphatic carbocycles. The summed E-state index contributed by atoms with van der Waals surface area (Å²) in [6.45, 7) is 3.94. The standard InChI is InChI=1S/C15H14BrClN2O2/c1-8(2)13-5-9(15(20)21)6-14(19-13)18-12-4-3-10(17)7-11(12)16/h3-8H,1-2H3,(H,18,19)(H,20,21). The summed E-state index contributed by atoms with van der Waals surface area (Å²) in [5, 5.41) is 12.9. The molecule has 6 heteroatoms. The van der Waals surface area contributed by atoms with Crippen LogP contribution in [0.4, 0.5) is 11.5 Å². The Hall–Kier alpha value is -1.59. The van der Waals surface area contributed by atoms with E-state index in [4.69, 9.17) is 11.6 Å². The zero-order chi connectivity index (χ0) is 15.6. The van der Waals surface area contributed by atoms with Crippen molar-refractivity contribution >= 4 is 45.0 Å². The Bertz CT molecular complexity index is 689. The van der Waals surface area contributed by atoms with E-state index in [0.29, 0.717) is 10.8 Å². The number of carbonyl (C=O) groups is 1. The van der Waals surface area contributed by atoms with Gasteiger partial charge < -0.3 is 10.4 Å². The smallest absolute Gasteiger partial charge is 0.335 e. The Kier molecular flexibility index (Phi) is 4.85. The molecule has 1 aromatic heterocycles. The Balaban J connectivity index is 2.41. The highest BCUT2D eigenvalue weighted by Gasteiger charge is 2.11. The molecule has 2 N–H and O–H groups in total. The van der Waals surface area contributed by atoms with Crippen LogP contribution < -0.4 is 5.32 Å². The second-order valence-corrected chi connectivity index (χ2v) is 6.17. The van der Waals surface area contributed by atoms with Gasteiger partial charge in [0.05, 0.1) is 11.3 Å². The van der Waals surface area contributed by atoms with E-state index in [1.807, 2.05) is 13.8 Å². The molecule has 21 heavy (non-hydrogen) atoms. The molecule has 0 fully saturated rings. The van der Waals surface area contributed by atoms with Crippen LogP contribution in [0.1, 0.15) is 35.8 Å². The van der Waals surface area contributed by atoms with Crippen LogP contribution in [-0.4, -0.2) is 16.1 Å². The predicted molar refractivity (Wildman–Crippen MR) is 87.7 cm³/mol. The SMILES string of the molecule is CC(C)c1cc(C(=O)O)cc(Nc2ccc(Cl)cc2Br)n1. The van der Waals surface area contributed by atoms with Crippen molar-refractivity contribution in [2.24, 2.45) is 0 Å². The Labute approximate surface area is 136 Å². The molecule has 4 nitrogen and oxygen atoms in total. The highest BCUT2D eigenvalue weighted by molar-refractivity contribution is 9.10. The van der Waals surface area contributed by atoms with Crippen molar-refractivity contribution in [1.82, 2.24) is 4.98 Å². The molecule has 0 aliphatic heterocycles. The monoisotopic (exact) mass is 368 g/mol. The Morgan fingerprint density at radius 2 is 2.05 bits per heavy atom. The first kappa shape index (κ1) is 15.8. The third-order valence-electron chi connectivity index (χ3n) is 2.88. The summed E-state index contributed by atoms with van der Waals surface area (Å²) >= 11 is 9.31. The molecule has 1 heterocycles. The number of pyridine rings is 1. The molecule has 0 bridgehead atoms. The minimum atomic E-state index is -0.975. The zero-order valence-corrected chi connectivity index (χ0v) is 13.9. The number of aromatic carboxylic acids is 1. The number of anilines is 2. The van der Waals surface area contributed by atoms with Gasteiger partial charge in [-0.15, -0.1) is 0 Å². The first-order chi connectivity index (χ1) is 9.86. The molecular weight excluding hydrogens is 356 g/mol. The maximum atomic E-state index is 11.2. The summed E-state index contributed by atoms with van der Waals surface area (Å²) in [5.41, 5.74) is 1.70. The number of hydrogen-bond acceptors (Lipinski definition) is 3. The highest BCUT2D eigenvalue weighted by atomic mass is 79.9. The highest BCUT2D eigenvalue weighted by Crippen LogP contribution is 2.29. The number of halogens is 2. The summed E-state index contributed by atoms with van der Waals surface area (Å²) in [7, 11) is 0. The van der Waals surface area contributed by atoms with Crippen molar-refractivity contribution in [2.75, 3.05) is 5.32 Å². The van der Waals surface area contributed by atoms with E-state index in [1.54, 1.807) is 24.3 Å². The lowest BCUT2D eigenvalue weighted by Crippen LogP contribution is -2.05. The van der Waals surface area contributed by atoms with Crippen LogP contribution in [0.5, 0.6) is 0 Å². The molecule has 2 aromatic rings. The first-order valence-corrected chi connectivity index (χ1v) is 7.51. The zero-order valence-electron chi connectivity index (χ0n) is 11.5. The Morgan fingerprint density at radius 1 is 1.33 bits per heavy atom. The van der Waals surface area contributed by atoms with Crippen LogP contribution in [0, 0.1) is 0 Å². The van der Waals surface area contributed by atoms with E-state index < -0.39 is 5.97 Å². The molecule has 0 spiro atoms. The third kappa shape index (κ3) is 3.95. The predicted octanol–water partition coefficient (Wildman–Crippen LogP) is 5.06. The fourth-order valence-corrected chi connectivity index (χ4v) is 2.55. The molecule has 0 atom stereocenters. The average molecular weight is 370 g/mol. The number of nitrogens with one attached hydrogen (secondary N) is 1. The van der Waals surface area contributed by atoms with Gasteiger partial charge in [-0.2, -0.15) is 0 Å². The van der Waals surface area contributed by atoms with Crippen LogP contribution in [0.25, 0.3) is 0 Å². The van der Waals surface area contributed by atoms with Gasteiger partial charge in [0.25, 0.3) is 0 Å². The first-order valence-electron chi connectivity index (χ1n) is 6.34. The van der Waals surface area contributed by atoms with Gasteiger partial charge in [-0.1, -0.05) is 25.4 Å². The van der Waals surface area contributed by atoms with Crippen molar-refractivity contribution < 1.29 is 9.90 Å². The lowest BCUT2D eigenvalue weighted by molar-refractivity contribution is 0.0696. The average Bonchev–Trinajstić information content (AvgIpc) is 2.41. The molecule has 0 unspecified atom stereocenters. The van der Waals surface area contributed by atoms with Gasteiger partial charge in [0.15, 0.2) is 0 Å². The summed E-state index contributed by atoms with van der Waals surface area (Å²) in [6, 6.07) is 8.41. The summed E-state index contributed by atoms with van der Waals surface area (Å²) in [4.78, 5) is 15.7. The summed E-state index contributed by atoms with van der Waals surface area (Å²) < 4.78 is 0.781. The molecule has 1 aromatic carbocycles. The number of benzene rings is 1. The lowest BCUT2D eigenvalue weighted by Gasteiger charge is -2.12. The minimum Gasteiger partial charge on any atom is -0.478 e. The fraction of sp³-hybridized carbons (Fsp3) is 0.200. The third-order valence-corrected chi connectivity index (χ3v) is 3.77. The molecule has 0 amide bonds.